The van der Waals surface area contributed by atoms with E-state index in [1.165, 1.54) is 0 Å². The van der Waals surface area contributed by atoms with Gasteiger partial charge in [-0.25, -0.2) is 0 Å². The maximum Gasteiger partial charge on any atom is 0.255 e. The summed E-state index contributed by atoms with van der Waals surface area (Å²) in [5, 5.41) is 5.55. The molecule has 2 aromatic carbocycles. The van der Waals surface area contributed by atoms with Gasteiger partial charge >= 0.3 is 0 Å². The predicted octanol–water partition coefficient (Wildman–Crippen LogP) is 2.33. The molecule has 1 aliphatic rings. The molecule has 0 bridgehead atoms. The normalized spacial score (nSPS) is 15.0. The van der Waals surface area contributed by atoms with Gasteiger partial charge in [0.1, 0.15) is 0 Å². The van der Waals surface area contributed by atoms with E-state index >= 15 is 0 Å². The van der Waals surface area contributed by atoms with Gasteiger partial charge in [-0.05, 0) is 49.7 Å². The molecule has 0 fully saturated rings. The lowest BCUT2D eigenvalue weighted by Gasteiger charge is -2.15. The molecule has 1 heterocycles. The van der Waals surface area contributed by atoms with E-state index < -0.39 is 5.41 Å². The Morgan fingerprint density at radius 3 is 2.57 bits per heavy atom. The second-order valence-corrected chi connectivity index (χ2v) is 6.14. The van der Waals surface area contributed by atoms with E-state index in [4.69, 9.17) is 11.5 Å². The van der Waals surface area contributed by atoms with Gasteiger partial charge in [-0.15, -0.1) is 0 Å². The highest BCUT2D eigenvalue weighted by Gasteiger charge is 2.38. The summed E-state index contributed by atoms with van der Waals surface area (Å²) in [6.07, 6.45) is 0. The van der Waals surface area contributed by atoms with Gasteiger partial charge in [0.05, 0.1) is 16.8 Å². The summed E-state index contributed by atoms with van der Waals surface area (Å²) in [5.74, 6) is -0.379. The molecule has 118 valence electrons. The number of carbonyl (C=O) groups excluding carboxylic acids is 2. The molecule has 0 unspecified atom stereocenters. The monoisotopic (exact) mass is 310 g/mol. The Morgan fingerprint density at radius 2 is 1.87 bits per heavy atom. The second-order valence-electron chi connectivity index (χ2n) is 6.14. The molecule has 6 N–H and O–H groups in total. The van der Waals surface area contributed by atoms with Crippen LogP contribution >= 0.6 is 0 Å². The van der Waals surface area contributed by atoms with E-state index in [2.05, 4.69) is 10.6 Å². The topological polar surface area (TPSA) is 110 Å². The van der Waals surface area contributed by atoms with Crippen LogP contribution in [0, 0.1) is 0 Å². The van der Waals surface area contributed by atoms with Crippen LogP contribution in [0.1, 0.15) is 29.8 Å². The second kappa shape index (κ2) is 5.01. The van der Waals surface area contributed by atoms with Crippen LogP contribution in [-0.4, -0.2) is 11.8 Å². The summed E-state index contributed by atoms with van der Waals surface area (Å²) in [5.41, 5.74) is 14.3. The highest BCUT2D eigenvalue weighted by molar-refractivity contribution is 6.10. The smallest absolute Gasteiger partial charge is 0.255 e. The van der Waals surface area contributed by atoms with Gasteiger partial charge in [-0.3, -0.25) is 9.59 Å². The fourth-order valence-electron chi connectivity index (χ4n) is 2.62. The van der Waals surface area contributed by atoms with Crippen molar-refractivity contribution in [3.05, 3.63) is 47.5 Å². The Balaban J connectivity index is 1.87. The Kier molecular flexibility index (Phi) is 3.25. The molecule has 0 aliphatic carbocycles. The van der Waals surface area contributed by atoms with Crippen molar-refractivity contribution in [3.63, 3.8) is 0 Å². The van der Waals surface area contributed by atoms with Crippen LogP contribution in [0.25, 0.3) is 0 Å². The van der Waals surface area contributed by atoms with E-state index in [1.807, 2.05) is 13.8 Å². The van der Waals surface area contributed by atoms with Crippen molar-refractivity contribution in [2.24, 2.45) is 0 Å². The molecule has 0 spiro atoms. The lowest BCUT2D eigenvalue weighted by Crippen LogP contribution is -2.26. The van der Waals surface area contributed by atoms with Gasteiger partial charge in [0.2, 0.25) is 5.91 Å². The Morgan fingerprint density at radius 1 is 1.13 bits per heavy atom. The molecule has 0 saturated heterocycles. The van der Waals surface area contributed by atoms with Gasteiger partial charge < -0.3 is 22.1 Å². The molecule has 2 amide bonds. The van der Waals surface area contributed by atoms with Crippen LogP contribution in [0.5, 0.6) is 0 Å². The molecule has 0 radical (unpaired) electrons. The molecular formula is C17H18N4O2. The van der Waals surface area contributed by atoms with Crippen molar-refractivity contribution in [2.45, 2.75) is 19.3 Å². The summed E-state index contributed by atoms with van der Waals surface area (Å²) >= 11 is 0. The maximum absolute atomic E-state index is 12.4. The van der Waals surface area contributed by atoms with Crippen LogP contribution in [0.15, 0.2) is 36.4 Å². The third kappa shape index (κ3) is 2.48. The van der Waals surface area contributed by atoms with Crippen LogP contribution in [0.4, 0.5) is 22.7 Å². The zero-order valence-electron chi connectivity index (χ0n) is 12.9. The van der Waals surface area contributed by atoms with E-state index in [0.717, 1.165) is 5.56 Å². The highest BCUT2D eigenvalue weighted by Crippen LogP contribution is 2.37. The number of benzene rings is 2. The number of fused-ring (bicyclic) bond motifs is 1. The number of nitrogens with one attached hydrogen (secondary N) is 2. The highest BCUT2D eigenvalue weighted by atomic mass is 16.2. The number of nitrogens with two attached hydrogens (primary N) is 2. The molecule has 6 nitrogen and oxygen atoms in total. The predicted molar refractivity (Wildman–Crippen MR) is 91.3 cm³/mol. The first-order valence-electron chi connectivity index (χ1n) is 7.21. The Bertz CT molecular complexity index is 827. The van der Waals surface area contributed by atoms with E-state index in [9.17, 15) is 9.59 Å². The number of amides is 2. The lowest BCUT2D eigenvalue weighted by molar-refractivity contribution is -0.119. The van der Waals surface area contributed by atoms with Crippen molar-refractivity contribution in [2.75, 3.05) is 22.1 Å². The first-order chi connectivity index (χ1) is 10.8. The van der Waals surface area contributed by atoms with Gasteiger partial charge in [0.25, 0.3) is 5.91 Å². The third-order valence-electron chi connectivity index (χ3n) is 4.09. The van der Waals surface area contributed by atoms with Crippen LogP contribution in [0.2, 0.25) is 0 Å². The largest absolute Gasteiger partial charge is 0.399 e. The summed E-state index contributed by atoms with van der Waals surface area (Å²) in [4.78, 5) is 24.3. The molecule has 0 aromatic heterocycles. The van der Waals surface area contributed by atoms with Crippen molar-refractivity contribution in [1.29, 1.82) is 0 Å². The van der Waals surface area contributed by atoms with Crippen molar-refractivity contribution < 1.29 is 9.59 Å². The van der Waals surface area contributed by atoms with E-state index in [1.54, 1.807) is 36.4 Å². The molecule has 1 aliphatic heterocycles. The average molecular weight is 310 g/mol. The van der Waals surface area contributed by atoms with Gasteiger partial charge in [0, 0.05) is 16.9 Å². The molecule has 0 saturated carbocycles. The first-order valence-corrected chi connectivity index (χ1v) is 7.21. The Hall–Kier alpha value is -3.02. The van der Waals surface area contributed by atoms with Crippen LogP contribution in [0.3, 0.4) is 0 Å². The summed E-state index contributed by atoms with van der Waals surface area (Å²) < 4.78 is 0. The summed E-state index contributed by atoms with van der Waals surface area (Å²) in [7, 11) is 0. The summed E-state index contributed by atoms with van der Waals surface area (Å²) in [6, 6.07) is 10.1. The quantitative estimate of drug-likeness (QED) is 0.638. The molecule has 2 aromatic rings. The number of hydrogen-bond acceptors (Lipinski definition) is 4. The van der Waals surface area contributed by atoms with Crippen molar-refractivity contribution in [3.8, 4) is 0 Å². The molecule has 0 atom stereocenters. The molecule has 23 heavy (non-hydrogen) atoms. The average Bonchev–Trinajstić information content (AvgIpc) is 2.71. The minimum atomic E-state index is -0.592. The summed E-state index contributed by atoms with van der Waals surface area (Å²) in [6.45, 7) is 3.70. The van der Waals surface area contributed by atoms with Gasteiger partial charge in [-0.1, -0.05) is 6.07 Å². The van der Waals surface area contributed by atoms with Crippen LogP contribution in [-0.2, 0) is 10.2 Å². The van der Waals surface area contributed by atoms with Gasteiger partial charge in [-0.2, -0.15) is 0 Å². The Labute approximate surface area is 133 Å². The zero-order valence-corrected chi connectivity index (χ0v) is 12.9. The van der Waals surface area contributed by atoms with Gasteiger partial charge in [0.15, 0.2) is 0 Å². The van der Waals surface area contributed by atoms with Crippen molar-refractivity contribution in [1.82, 2.24) is 0 Å². The molecule has 3 rings (SSSR count). The zero-order chi connectivity index (χ0) is 16.8. The SMILES string of the molecule is CC1(C)C(=O)Nc2cc(C(=O)Nc3ccc(N)cc3N)ccc21. The standard InChI is InChI=1S/C17H18N4O2/c1-17(2)11-5-3-9(7-14(11)21-16(17)23)15(22)20-13-6-4-10(18)8-12(13)19/h3-8H,18-19H2,1-2H3,(H,20,22)(H,21,23). The number of carbonyl (C=O) groups is 2. The number of anilines is 4. The number of rotatable bonds is 2. The minimum Gasteiger partial charge on any atom is -0.399 e. The van der Waals surface area contributed by atoms with Crippen molar-refractivity contribution >= 4 is 34.6 Å². The third-order valence-corrected chi connectivity index (χ3v) is 4.09. The number of hydrogen-bond donors (Lipinski definition) is 4. The molecular weight excluding hydrogens is 292 g/mol. The van der Waals surface area contributed by atoms with E-state index in [0.29, 0.717) is 28.3 Å². The lowest BCUT2D eigenvalue weighted by atomic mass is 9.86. The number of nitrogen functional groups attached to an aromatic ring is 2. The first kappa shape index (κ1) is 14.9. The fraction of sp³-hybridized carbons (Fsp3) is 0.176. The molecule has 6 heteroatoms. The van der Waals surface area contributed by atoms with E-state index in [-0.39, 0.29) is 11.8 Å². The van der Waals surface area contributed by atoms with Crippen LogP contribution < -0.4 is 22.1 Å². The minimum absolute atomic E-state index is 0.0761. The fourth-order valence-corrected chi connectivity index (χ4v) is 2.62. The maximum atomic E-state index is 12.4.